The van der Waals surface area contributed by atoms with Crippen LogP contribution in [-0.2, 0) is 9.53 Å². The van der Waals surface area contributed by atoms with Crippen LogP contribution in [0.3, 0.4) is 0 Å². The normalized spacial score (nSPS) is 11.5. The van der Waals surface area contributed by atoms with Crippen LogP contribution in [0.1, 0.15) is 27.6 Å². The highest BCUT2D eigenvalue weighted by molar-refractivity contribution is 5.99. The zero-order chi connectivity index (χ0) is 23.2. The van der Waals surface area contributed by atoms with Gasteiger partial charge in [0.05, 0.1) is 30.2 Å². The van der Waals surface area contributed by atoms with Gasteiger partial charge in [-0.05, 0) is 36.8 Å². The molecule has 0 fully saturated rings. The smallest absolute Gasteiger partial charge is 0.342 e. The number of nitrogens with zero attached hydrogens (tertiary/aromatic N) is 2. The molecule has 1 unspecified atom stereocenters. The number of aromatic nitrogens is 2. The summed E-state index contributed by atoms with van der Waals surface area (Å²) in [5, 5.41) is 7.06. The fraction of sp³-hybridized carbons (Fsp3) is 0.115. The molecule has 0 aliphatic rings. The van der Waals surface area contributed by atoms with E-state index in [1.807, 2.05) is 49.4 Å². The summed E-state index contributed by atoms with van der Waals surface area (Å²) in [6.45, 7) is 1.91. The van der Waals surface area contributed by atoms with Gasteiger partial charge in [0.25, 0.3) is 5.91 Å². The molecule has 3 aromatic carbocycles. The third kappa shape index (κ3) is 5.10. The molecule has 0 aliphatic carbocycles. The largest absolute Gasteiger partial charge is 0.495 e. The van der Waals surface area contributed by atoms with Crippen LogP contribution < -0.4 is 10.1 Å². The van der Waals surface area contributed by atoms with E-state index in [4.69, 9.17) is 9.47 Å². The average Bonchev–Trinajstić information content (AvgIpc) is 3.34. The molecular formula is C26H23N3O4. The number of carbonyl (C=O) groups is 2. The summed E-state index contributed by atoms with van der Waals surface area (Å²) in [6.07, 6.45) is 1.82. The summed E-state index contributed by atoms with van der Waals surface area (Å²) < 4.78 is 12.6. The van der Waals surface area contributed by atoms with Gasteiger partial charge in [0.1, 0.15) is 5.75 Å². The second-order valence-corrected chi connectivity index (χ2v) is 7.40. The number of methoxy groups -OCH3 is 1. The van der Waals surface area contributed by atoms with Crippen LogP contribution in [0.5, 0.6) is 5.75 Å². The minimum Gasteiger partial charge on any atom is -0.495 e. The Morgan fingerprint density at radius 2 is 1.67 bits per heavy atom. The molecule has 0 saturated carbocycles. The number of carbonyl (C=O) groups excluding carboxylic acids is 2. The monoisotopic (exact) mass is 441 g/mol. The number of amides is 1. The van der Waals surface area contributed by atoms with E-state index in [1.165, 1.54) is 13.3 Å². The third-order valence-electron chi connectivity index (χ3n) is 5.02. The van der Waals surface area contributed by atoms with E-state index in [0.29, 0.717) is 17.0 Å². The van der Waals surface area contributed by atoms with Crippen molar-refractivity contribution in [1.29, 1.82) is 0 Å². The molecule has 166 valence electrons. The van der Waals surface area contributed by atoms with Gasteiger partial charge >= 0.3 is 5.97 Å². The molecule has 4 aromatic rings. The lowest BCUT2D eigenvalue weighted by Crippen LogP contribution is -2.26. The number of esters is 1. The second-order valence-electron chi connectivity index (χ2n) is 7.40. The molecule has 7 heteroatoms. The van der Waals surface area contributed by atoms with Crippen molar-refractivity contribution in [3.63, 3.8) is 0 Å². The van der Waals surface area contributed by atoms with E-state index in [0.717, 1.165) is 11.3 Å². The predicted octanol–water partition coefficient (Wildman–Crippen LogP) is 4.73. The maximum Gasteiger partial charge on any atom is 0.342 e. The zero-order valence-electron chi connectivity index (χ0n) is 18.3. The van der Waals surface area contributed by atoms with Crippen LogP contribution in [0.2, 0.25) is 0 Å². The Balaban J connectivity index is 1.58. The molecule has 1 heterocycles. The Morgan fingerprint density at radius 3 is 2.36 bits per heavy atom. The second kappa shape index (κ2) is 9.82. The van der Waals surface area contributed by atoms with Crippen LogP contribution in [0.15, 0.2) is 91.3 Å². The van der Waals surface area contributed by atoms with Gasteiger partial charge in [-0.25, -0.2) is 9.48 Å². The van der Waals surface area contributed by atoms with Gasteiger partial charge in [0, 0.05) is 11.8 Å². The van der Waals surface area contributed by atoms with Crippen molar-refractivity contribution in [3.05, 3.63) is 108 Å². The van der Waals surface area contributed by atoms with Gasteiger partial charge in [-0.2, -0.15) is 5.10 Å². The number of aryl methyl sites for hydroxylation is 1. The lowest BCUT2D eigenvalue weighted by Gasteiger charge is -2.19. The lowest BCUT2D eigenvalue weighted by atomic mass is 10.1. The third-order valence-corrected chi connectivity index (χ3v) is 5.02. The highest BCUT2D eigenvalue weighted by Crippen LogP contribution is 2.28. The van der Waals surface area contributed by atoms with Crippen molar-refractivity contribution >= 4 is 17.6 Å². The number of benzene rings is 3. The molecule has 1 amide bonds. The fourth-order valence-corrected chi connectivity index (χ4v) is 3.34. The molecule has 1 N–H and O–H groups in total. The molecule has 0 bridgehead atoms. The van der Waals surface area contributed by atoms with E-state index >= 15 is 0 Å². The number of hydrogen-bond donors (Lipinski definition) is 1. The van der Waals surface area contributed by atoms with E-state index in [-0.39, 0.29) is 5.56 Å². The Bertz CT molecular complexity index is 1250. The van der Waals surface area contributed by atoms with Gasteiger partial charge in [-0.3, -0.25) is 4.79 Å². The van der Waals surface area contributed by atoms with E-state index in [9.17, 15) is 9.59 Å². The maximum atomic E-state index is 13.2. The first-order valence-corrected chi connectivity index (χ1v) is 10.4. The molecule has 0 spiro atoms. The molecule has 0 radical (unpaired) electrons. The number of hydrogen-bond acceptors (Lipinski definition) is 5. The van der Waals surface area contributed by atoms with Crippen molar-refractivity contribution in [2.24, 2.45) is 0 Å². The van der Waals surface area contributed by atoms with Gasteiger partial charge in [-0.15, -0.1) is 0 Å². The summed E-state index contributed by atoms with van der Waals surface area (Å²) >= 11 is 0. The van der Waals surface area contributed by atoms with Crippen LogP contribution in [0.25, 0.3) is 5.69 Å². The fourth-order valence-electron chi connectivity index (χ4n) is 3.34. The average molecular weight is 441 g/mol. The quantitative estimate of drug-likeness (QED) is 0.420. The van der Waals surface area contributed by atoms with Crippen LogP contribution >= 0.6 is 0 Å². The van der Waals surface area contributed by atoms with Gasteiger partial charge in [-0.1, -0.05) is 54.6 Å². The predicted molar refractivity (Wildman–Crippen MR) is 125 cm³/mol. The highest BCUT2D eigenvalue weighted by Gasteiger charge is 2.27. The first-order valence-electron chi connectivity index (χ1n) is 10.4. The molecule has 33 heavy (non-hydrogen) atoms. The van der Waals surface area contributed by atoms with Crippen molar-refractivity contribution in [2.75, 3.05) is 12.4 Å². The minimum absolute atomic E-state index is 0.237. The number of para-hydroxylation sites is 1. The van der Waals surface area contributed by atoms with E-state index in [1.54, 1.807) is 47.3 Å². The van der Waals surface area contributed by atoms with Crippen molar-refractivity contribution < 1.29 is 19.1 Å². The summed E-state index contributed by atoms with van der Waals surface area (Å²) in [5.74, 6) is -0.637. The van der Waals surface area contributed by atoms with Crippen LogP contribution in [0.4, 0.5) is 5.69 Å². The lowest BCUT2D eigenvalue weighted by molar-refractivity contribution is -0.125. The maximum absolute atomic E-state index is 13.2. The molecule has 0 aliphatic heterocycles. The van der Waals surface area contributed by atoms with Crippen LogP contribution in [-0.4, -0.2) is 28.8 Å². The van der Waals surface area contributed by atoms with Crippen molar-refractivity contribution in [1.82, 2.24) is 9.78 Å². The Hall–Kier alpha value is -4.39. The molecule has 0 saturated heterocycles. The number of rotatable bonds is 7. The van der Waals surface area contributed by atoms with E-state index in [2.05, 4.69) is 10.4 Å². The number of nitrogens with one attached hydrogen (secondary N) is 1. The van der Waals surface area contributed by atoms with Gasteiger partial charge in [0.2, 0.25) is 6.10 Å². The Labute approximate surface area is 191 Å². The van der Waals surface area contributed by atoms with E-state index < -0.39 is 18.0 Å². The summed E-state index contributed by atoms with van der Waals surface area (Å²) in [5.41, 5.74) is 3.04. The van der Waals surface area contributed by atoms with Crippen molar-refractivity contribution in [2.45, 2.75) is 13.0 Å². The SMILES string of the molecule is COc1ccc(C)cc1NC(=O)C(OC(=O)c1cnn(-c2ccccc2)c1)c1ccccc1. The van der Waals surface area contributed by atoms with Crippen molar-refractivity contribution in [3.8, 4) is 11.4 Å². The van der Waals surface area contributed by atoms with Crippen LogP contribution in [0, 0.1) is 6.92 Å². The molecule has 4 rings (SSSR count). The molecule has 1 atom stereocenters. The van der Waals surface area contributed by atoms with Gasteiger partial charge < -0.3 is 14.8 Å². The summed E-state index contributed by atoms with van der Waals surface area (Å²) in [4.78, 5) is 26.1. The summed E-state index contributed by atoms with van der Waals surface area (Å²) in [7, 11) is 1.53. The topological polar surface area (TPSA) is 82.4 Å². The first-order chi connectivity index (χ1) is 16.0. The molecular weight excluding hydrogens is 418 g/mol. The number of ether oxygens (including phenoxy) is 2. The van der Waals surface area contributed by atoms with Gasteiger partial charge in [0.15, 0.2) is 0 Å². The Morgan fingerprint density at radius 1 is 0.970 bits per heavy atom. The first kappa shape index (κ1) is 21.8. The highest BCUT2D eigenvalue weighted by atomic mass is 16.5. The molecule has 1 aromatic heterocycles. The standard InChI is InChI=1S/C26H23N3O4/c1-18-13-14-23(32-2)22(15-18)28-25(30)24(19-9-5-3-6-10-19)33-26(31)20-16-27-29(17-20)21-11-7-4-8-12-21/h3-17,24H,1-2H3,(H,28,30). The zero-order valence-corrected chi connectivity index (χ0v) is 18.3. The minimum atomic E-state index is -1.16. The summed E-state index contributed by atoms with van der Waals surface area (Å²) in [6, 6.07) is 23.7. The number of anilines is 1. The Kier molecular flexibility index (Phi) is 6.50. The molecule has 7 nitrogen and oxygen atoms in total.